The number of nitrogens with two attached hydrogens (primary N) is 1. The number of esters is 1. The van der Waals surface area contributed by atoms with Gasteiger partial charge in [0.05, 0.1) is 12.7 Å². The molecule has 0 saturated heterocycles. The van der Waals surface area contributed by atoms with Crippen LogP contribution in [0.2, 0.25) is 0 Å². The topological polar surface area (TPSA) is 52.3 Å². The van der Waals surface area contributed by atoms with Crippen molar-refractivity contribution in [1.82, 2.24) is 0 Å². The highest BCUT2D eigenvalue weighted by Gasteiger charge is 2.16. The van der Waals surface area contributed by atoms with Gasteiger partial charge in [-0.15, -0.1) is 0 Å². The first-order valence-electron chi connectivity index (χ1n) is 3.81. The molecule has 0 aliphatic heterocycles. The van der Waals surface area contributed by atoms with Crippen LogP contribution in [0, 0.1) is 0 Å². The predicted octanol–water partition coefficient (Wildman–Crippen LogP) is 0.946. The first kappa shape index (κ1) is 8.11. The Morgan fingerprint density at radius 3 is 2.64 bits per heavy atom. The highest BCUT2D eigenvalue weighted by Crippen LogP contribution is 2.21. The molecule has 0 spiro atoms. The van der Waals surface area contributed by atoms with Gasteiger partial charge >= 0.3 is 5.97 Å². The van der Waals surface area contributed by atoms with Gasteiger partial charge in [-0.3, -0.25) is 0 Å². The van der Waals surface area contributed by atoms with Gasteiger partial charge in [0.2, 0.25) is 0 Å². The third-order valence-electron chi connectivity index (χ3n) is 1.94. The summed E-state index contributed by atoms with van der Waals surface area (Å²) in [4.78, 5) is 11.0. The van der Waals surface area contributed by atoms with Gasteiger partial charge in [0, 0.05) is 5.70 Å². The Bertz CT molecular complexity index is 196. The fourth-order valence-corrected chi connectivity index (χ4v) is 1.29. The normalized spacial score (nSPS) is 18.3. The van der Waals surface area contributed by atoms with Crippen LogP contribution in [0.4, 0.5) is 0 Å². The SMILES string of the molecule is COC(=O)C1=C(N)CCCC1. The quantitative estimate of drug-likeness (QED) is 0.573. The van der Waals surface area contributed by atoms with E-state index in [1.54, 1.807) is 0 Å². The second kappa shape index (κ2) is 3.42. The third-order valence-corrected chi connectivity index (χ3v) is 1.94. The summed E-state index contributed by atoms with van der Waals surface area (Å²) in [5.74, 6) is -0.262. The van der Waals surface area contributed by atoms with Crippen LogP contribution in [0.5, 0.6) is 0 Å². The molecular weight excluding hydrogens is 142 g/mol. The standard InChI is InChI=1S/C8H13NO2/c1-11-8(10)6-4-2-3-5-7(6)9/h2-5,9H2,1H3. The van der Waals surface area contributed by atoms with Crippen LogP contribution in [0.15, 0.2) is 11.3 Å². The monoisotopic (exact) mass is 155 g/mol. The number of hydrogen-bond donors (Lipinski definition) is 1. The van der Waals surface area contributed by atoms with E-state index in [-0.39, 0.29) is 5.97 Å². The molecule has 0 heterocycles. The van der Waals surface area contributed by atoms with Crippen LogP contribution in [0.1, 0.15) is 25.7 Å². The number of ether oxygens (including phenoxy) is 1. The van der Waals surface area contributed by atoms with Gasteiger partial charge in [0.25, 0.3) is 0 Å². The summed E-state index contributed by atoms with van der Waals surface area (Å²) in [6.45, 7) is 0. The van der Waals surface area contributed by atoms with Crippen LogP contribution >= 0.6 is 0 Å². The molecule has 0 aromatic heterocycles. The molecule has 0 bridgehead atoms. The molecule has 2 N–H and O–H groups in total. The van der Waals surface area contributed by atoms with Crippen molar-refractivity contribution in [2.24, 2.45) is 5.73 Å². The zero-order valence-electron chi connectivity index (χ0n) is 6.72. The molecule has 0 aromatic rings. The molecule has 0 saturated carbocycles. The summed E-state index contributed by atoms with van der Waals surface area (Å²) in [7, 11) is 1.39. The molecule has 1 aliphatic carbocycles. The van der Waals surface area contributed by atoms with Crippen LogP contribution in [-0.4, -0.2) is 13.1 Å². The van der Waals surface area contributed by atoms with E-state index in [4.69, 9.17) is 5.73 Å². The number of allylic oxidation sites excluding steroid dienone is 1. The molecular formula is C8H13NO2. The maximum atomic E-state index is 11.0. The highest BCUT2D eigenvalue weighted by atomic mass is 16.5. The second-order valence-corrected chi connectivity index (χ2v) is 2.70. The smallest absolute Gasteiger partial charge is 0.335 e. The Morgan fingerprint density at radius 1 is 1.45 bits per heavy atom. The predicted molar refractivity (Wildman–Crippen MR) is 41.7 cm³/mol. The lowest BCUT2D eigenvalue weighted by molar-refractivity contribution is -0.136. The van der Waals surface area contributed by atoms with Gasteiger partial charge in [-0.2, -0.15) is 0 Å². The van der Waals surface area contributed by atoms with Gasteiger partial charge in [0.1, 0.15) is 0 Å². The Hall–Kier alpha value is -0.990. The molecule has 0 unspecified atom stereocenters. The van der Waals surface area contributed by atoms with E-state index < -0.39 is 0 Å². The number of carbonyl (C=O) groups is 1. The molecule has 0 fully saturated rings. The molecule has 0 amide bonds. The third kappa shape index (κ3) is 1.73. The lowest BCUT2D eigenvalue weighted by Crippen LogP contribution is -2.15. The lowest BCUT2D eigenvalue weighted by Gasteiger charge is -2.14. The van der Waals surface area contributed by atoms with Gasteiger partial charge in [-0.05, 0) is 25.7 Å². The van der Waals surface area contributed by atoms with Crippen molar-refractivity contribution in [3.8, 4) is 0 Å². The van der Waals surface area contributed by atoms with E-state index in [1.165, 1.54) is 7.11 Å². The fourth-order valence-electron chi connectivity index (χ4n) is 1.29. The number of rotatable bonds is 1. The Labute approximate surface area is 66.2 Å². The Kier molecular flexibility index (Phi) is 2.52. The second-order valence-electron chi connectivity index (χ2n) is 2.70. The Morgan fingerprint density at radius 2 is 2.09 bits per heavy atom. The maximum absolute atomic E-state index is 11.0. The summed E-state index contributed by atoms with van der Waals surface area (Å²) >= 11 is 0. The minimum Gasteiger partial charge on any atom is -0.466 e. The zero-order valence-corrected chi connectivity index (χ0v) is 6.72. The van der Waals surface area contributed by atoms with Gasteiger partial charge in [-0.1, -0.05) is 0 Å². The van der Waals surface area contributed by atoms with Crippen molar-refractivity contribution in [2.45, 2.75) is 25.7 Å². The van der Waals surface area contributed by atoms with E-state index in [1.807, 2.05) is 0 Å². The summed E-state index contributed by atoms with van der Waals surface area (Å²) in [6, 6.07) is 0. The fraction of sp³-hybridized carbons (Fsp3) is 0.625. The molecule has 3 nitrogen and oxygen atoms in total. The molecule has 0 atom stereocenters. The first-order valence-corrected chi connectivity index (χ1v) is 3.81. The summed E-state index contributed by atoms with van der Waals surface area (Å²) < 4.78 is 4.58. The summed E-state index contributed by atoms with van der Waals surface area (Å²) in [5.41, 5.74) is 7.02. The van der Waals surface area contributed by atoms with Crippen molar-refractivity contribution in [3.63, 3.8) is 0 Å². The minimum absolute atomic E-state index is 0.262. The number of methoxy groups -OCH3 is 1. The van der Waals surface area contributed by atoms with Crippen LogP contribution in [0.25, 0.3) is 0 Å². The molecule has 0 aromatic carbocycles. The lowest BCUT2D eigenvalue weighted by atomic mass is 9.97. The largest absolute Gasteiger partial charge is 0.466 e. The highest BCUT2D eigenvalue weighted by molar-refractivity contribution is 5.89. The van der Waals surface area contributed by atoms with E-state index in [9.17, 15) is 4.79 Å². The Balaban J connectivity index is 2.74. The van der Waals surface area contributed by atoms with E-state index >= 15 is 0 Å². The van der Waals surface area contributed by atoms with Crippen LogP contribution < -0.4 is 5.73 Å². The average Bonchev–Trinajstić information content (AvgIpc) is 2.04. The van der Waals surface area contributed by atoms with Crippen molar-refractivity contribution < 1.29 is 9.53 Å². The van der Waals surface area contributed by atoms with Crippen molar-refractivity contribution in [3.05, 3.63) is 11.3 Å². The van der Waals surface area contributed by atoms with Crippen molar-refractivity contribution in [2.75, 3.05) is 7.11 Å². The molecule has 62 valence electrons. The molecule has 3 heteroatoms. The van der Waals surface area contributed by atoms with E-state index in [0.29, 0.717) is 11.3 Å². The van der Waals surface area contributed by atoms with E-state index in [2.05, 4.69) is 4.74 Å². The summed E-state index contributed by atoms with van der Waals surface area (Å²) in [5, 5.41) is 0. The van der Waals surface area contributed by atoms with Gasteiger partial charge < -0.3 is 10.5 Å². The molecule has 1 aliphatic rings. The van der Waals surface area contributed by atoms with Gasteiger partial charge in [0.15, 0.2) is 0 Å². The van der Waals surface area contributed by atoms with Crippen LogP contribution in [-0.2, 0) is 9.53 Å². The summed E-state index contributed by atoms with van der Waals surface area (Å²) in [6.07, 6.45) is 3.75. The van der Waals surface area contributed by atoms with Crippen LogP contribution in [0.3, 0.4) is 0 Å². The average molecular weight is 155 g/mol. The first-order chi connectivity index (χ1) is 5.25. The molecule has 0 radical (unpaired) electrons. The molecule has 11 heavy (non-hydrogen) atoms. The molecule has 1 rings (SSSR count). The van der Waals surface area contributed by atoms with Crippen molar-refractivity contribution >= 4 is 5.97 Å². The minimum atomic E-state index is -0.262. The maximum Gasteiger partial charge on any atom is 0.335 e. The van der Waals surface area contributed by atoms with Gasteiger partial charge in [-0.25, -0.2) is 4.79 Å². The van der Waals surface area contributed by atoms with E-state index in [0.717, 1.165) is 25.7 Å². The van der Waals surface area contributed by atoms with Crippen molar-refractivity contribution in [1.29, 1.82) is 0 Å². The number of hydrogen-bond acceptors (Lipinski definition) is 3. The zero-order chi connectivity index (χ0) is 8.27. The number of carbonyl (C=O) groups excluding carboxylic acids is 1.